The van der Waals surface area contributed by atoms with Crippen molar-refractivity contribution in [3.05, 3.63) is 63.2 Å². The van der Waals surface area contributed by atoms with Crippen molar-refractivity contribution in [1.82, 2.24) is 4.57 Å². The van der Waals surface area contributed by atoms with E-state index in [2.05, 4.69) is 4.99 Å². The lowest BCUT2D eigenvalue weighted by molar-refractivity contribution is -0.384. The molecule has 0 N–H and O–H groups in total. The average molecular weight is 498 g/mol. The third kappa shape index (κ3) is 5.81. The van der Waals surface area contributed by atoms with E-state index < -0.39 is 26.5 Å². The quantitative estimate of drug-likeness (QED) is 0.253. The van der Waals surface area contributed by atoms with Crippen LogP contribution in [0.25, 0.3) is 10.2 Å². The molecule has 170 valence electrons. The predicted molar refractivity (Wildman–Crippen MR) is 123 cm³/mol. The third-order valence-corrected chi connectivity index (χ3v) is 8.04. The number of nitro groups is 1. The first kappa shape index (κ1) is 24.1. The number of nitrogens with zero attached hydrogens (tertiary/aromatic N) is 3. The normalized spacial score (nSPS) is 12.4. The van der Waals surface area contributed by atoms with Crippen molar-refractivity contribution in [3.63, 3.8) is 0 Å². The van der Waals surface area contributed by atoms with E-state index in [4.69, 9.17) is 0 Å². The summed E-state index contributed by atoms with van der Waals surface area (Å²) in [6, 6.07) is 9.05. The topological polar surface area (TPSA) is 112 Å². The first-order valence-electron chi connectivity index (χ1n) is 9.54. The minimum absolute atomic E-state index is 0.00398. The zero-order valence-electron chi connectivity index (χ0n) is 17.1. The second-order valence-corrected chi connectivity index (χ2v) is 10.9. The van der Waals surface area contributed by atoms with Crippen LogP contribution in [-0.2, 0) is 21.2 Å². The van der Waals surface area contributed by atoms with Crippen molar-refractivity contribution in [2.75, 3.05) is 17.8 Å². The van der Waals surface area contributed by atoms with Crippen molar-refractivity contribution in [3.8, 4) is 0 Å². The number of thiazole rings is 1. The molecule has 3 rings (SSSR count). The highest BCUT2D eigenvalue weighted by atomic mass is 32.2. The molecule has 0 saturated heterocycles. The van der Waals surface area contributed by atoms with Crippen LogP contribution in [0.15, 0.2) is 52.4 Å². The lowest BCUT2D eigenvalue weighted by Crippen LogP contribution is -2.18. The van der Waals surface area contributed by atoms with Crippen LogP contribution in [-0.4, -0.2) is 41.6 Å². The highest BCUT2D eigenvalue weighted by Crippen LogP contribution is 2.23. The Hall–Kier alpha value is -2.57. The van der Waals surface area contributed by atoms with E-state index >= 15 is 0 Å². The Morgan fingerprint density at radius 3 is 2.62 bits per heavy atom. The Bertz CT molecular complexity index is 1310. The maximum absolute atomic E-state index is 13.0. The maximum atomic E-state index is 13.0. The molecule has 0 aliphatic carbocycles. The maximum Gasteiger partial charge on any atom is 0.270 e. The van der Waals surface area contributed by atoms with Gasteiger partial charge in [0, 0.05) is 30.9 Å². The van der Waals surface area contributed by atoms with E-state index in [-0.39, 0.29) is 29.2 Å². The number of hydrogen-bond donors (Lipinski definition) is 0. The lowest BCUT2D eigenvalue weighted by atomic mass is 10.3. The summed E-state index contributed by atoms with van der Waals surface area (Å²) in [7, 11) is -3.63. The van der Waals surface area contributed by atoms with Gasteiger partial charge in [0.25, 0.3) is 5.69 Å². The summed E-state index contributed by atoms with van der Waals surface area (Å²) in [5.41, 5.74) is 0.708. The molecule has 0 bridgehead atoms. The number of aromatic nitrogens is 1. The van der Waals surface area contributed by atoms with E-state index in [1.165, 1.54) is 35.6 Å². The molecule has 0 spiro atoms. The Morgan fingerprint density at radius 2 is 1.97 bits per heavy atom. The Balaban J connectivity index is 1.78. The van der Waals surface area contributed by atoms with Gasteiger partial charge >= 0.3 is 0 Å². The molecule has 0 aliphatic rings. The Labute approximate surface area is 191 Å². The van der Waals surface area contributed by atoms with Crippen LogP contribution in [0.5, 0.6) is 0 Å². The molecule has 2 aromatic carbocycles. The van der Waals surface area contributed by atoms with Gasteiger partial charge in [0.1, 0.15) is 5.82 Å². The van der Waals surface area contributed by atoms with Gasteiger partial charge in [-0.05, 0) is 43.0 Å². The number of rotatable bonds is 9. The van der Waals surface area contributed by atoms with Crippen molar-refractivity contribution in [2.24, 2.45) is 4.99 Å². The molecule has 1 amide bonds. The summed E-state index contributed by atoms with van der Waals surface area (Å²) in [5, 5.41) is 11.1. The number of halogens is 1. The molecule has 0 atom stereocenters. The van der Waals surface area contributed by atoms with Crippen molar-refractivity contribution >= 4 is 54.7 Å². The van der Waals surface area contributed by atoms with Crippen LogP contribution >= 0.6 is 23.1 Å². The Kier molecular flexibility index (Phi) is 7.80. The molecule has 3 aromatic rings. The molecular formula is C20H20FN3O5S3. The smallest absolute Gasteiger partial charge is 0.270 e. The zero-order chi connectivity index (χ0) is 23.3. The summed E-state index contributed by atoms with van der Waals surface area (Å²) in [4.78, 5) is 27.6. The molecule has 0 fully saturated rings. The first-order chi connectivity index (χ1) is 15.2. The summed E-state index contributed by atoms with van der Waals surface area (Å²) in [5.74, 6) is -0.495. The molecular weight excluding hydrogens is 477 g/mol. The van der Waals surface area contributed by atoms with Gasteiger partial charge in [-0.2, -0.15) is 16.8 Å². The molecule has 32 heavy (non-hydrogen) atoms. The number of amides is 1. The highest BCUT2D eigenvalue weighted by molar-refractivity contribution is 7.98. The highest BCUT2D eigenvalue weighted by Gasteiger charge is 2.16. The van der Waals surface area contributed by atoms with Crippen LogP contribution in [0, 0.1) is 15.9 Å². The summed E-state index contributed by atoms with van der Waals surface area (Å²) in [6.45, 7) is 0.573. The number of carbonyl (C=O) groups excluding carboxylic acids is 1. The minimum Gasteiger partial charge on any atom is -0.316 e. The van der Waals surface area contributed by atoms with Crippen LogP contribution < -0.4 is 4.80 Å². The average Bonchev–Trinajstić information content (AvgIpc) is 3.08. The SMILES string of the molecule is CSCCn1c(=NC(=O)CCCS(=O)(=O)c2ccc(F)cc2)sc2cc([N+](=O)[O-])ccc21. The number of carbonyl (C=O) groups is 1. The molecule has 1 heterocycles. The number of benzene rings is 2. The molecule has 12 heteroatoms. The number of thioether (sulfide) groups is 1. The molecule has 1 aromatic heterocycles. The van der Waals surface area contributed by atoms with E-state index in [1.54, 1.807) is 17.8 Å². The number of sulfone groups is 1. The minimum atomic E-state index is -3.63. The van der Waals surface area contributed by atoms with Gasteiger partial charge in [-0.25, -0.2) is 12.8 Å². The molecule has 0 radical (unpaired) electrons. The fraction of sp³-hybridized carbons (Fsp3) is 0.300. The van der Waals surface area contributed by atoms with Gasteiger partial charge in [-0.1, -0.05) is 11.3 Å². The molecule has 0 unspecified atom stereocenters. The van der Waals surface area contributed by atoms with Crippen LogP contribution in [0.1, 0.15) is 12.8 Å². The van der Waals surface area contributed by atoms with Gasteiger partial charge in [0.05, 0.1) is 25.8 Å². The van der Waals surface area contributed by atoms with Gasteiger partial charge in [0.15, 0.2) is 14.6 Å². The lowest BCUT2D eigenvalue weighted by Gasteiger charge is -2.04. The van der Waals surface area contributed by atoms with Crippen LogP contribution in [0.3, 0.4) is 0 Å². The van der Waals surface area contributed by atoms with Crippen LogP contribution in [0.4, 0.5) is 10.1 Å². The summed E-state index contributed by atoms with van der Waals surface area (Å²) < 4.78 is 40.2. The fourth-order valence-electron chi connectivity index (χ4n) is 3.00. The number of aryl methyl sites for hydroxylation is 1. The largest absolute Gasteiger partial charge is 0.316 e. The Morgan fingerprint density at radius 1 is 1.25 bits per heavy atom. The van der Waals surface area contributed by atoms with E-state index in [0.29, 0.717) is 16.0 Å². The number of hydrogen-bond acceptors (Lipinski definition) is 7. The summed E-state index contributed by atoms with van der Waals surface area (Å²) in [6.07, 6.45) is 1.95. The second-order valence-electron chi connectivity index (χ2n) is 6.82. The van der Waals surface area contributed by atoms with Crippen LogP contribution in [0.2, 0.25) is 0 Å². The first-order valence-corrected chi connectivity index (χ1v) is 13.4. The molecule has 8 nitrogen and oxygen atoms in total. The van der Waals surface area contributed by atoms with Gasteiger partial charge < -0.3 is 4.57 Å². The summed E-state index contributed by atoms with van der Waals surface area (Å²) >= 11 is 2.80. The fourth-order valence-corrected chi connectivity index (χ4v) is 5.78. The van der Waals surface area contributed by atoms with Crippen molar-refractivity contribution in [2.45, 2.75) is 24.3 Å². The zero-order valence-corrected chi connectivity index (χ0v) is 19.5. The van der Waals surface area contributed by atoms with Gasteiger partial charge in [-0.15, -0.1) is 0 Å². The predicted octanol–water partition coefficient (Wildman–Crippen LogP) is 3.79. The van der Waals surface area contributed by atoms with Crippen molar-refractivity contribution < 1.29 is 22.5 Å². The third-order valence-electron chi connectivity index (χ3n) is 4.59. The number of fused-ring (bicyclic) bond motifs is 1. The van der Waals surface area contributed by atoms with Gasteiger partial charge in [-0.3, -0.25) is 14.9 Å². The van der Waals surface area contributed by atoms with E-state index in [9.17, 15) is 27.7 Å². The molecule has 0 aliphatic heterocycles. The van der Waals surface area contributed by atoms with E-state index in [1.807, 2.05) is 10.8 Å². The van der Waals surface area contributed by atoms with E-state index in [0.717, 1.165) is 23.4 Å². The number of non-ortho nitro benzene ring substituents is 1. The standard InChI is InChI=1S/C20H20FN3O5S3/c1-30-11-10-23-17-9-6-15(24(26)27)13-18(17)31-20(23)22-19(25)3-2-12-32(28,29)16-7-4-14(21)5-8-16/h4-9,13H,2-3,10-12H2,1H3. The monoisotopic (exact) mass is 497 g/mol. The molecule has 0 saturated carbocycles. The number of nitro benzene ring substituents is 1. The van der Waals surface area contributed by atoms with Gasteiger partial charge in [0.2, 0.25) is 5.91 Å². The van der Waals surface area contributed by atoms with Crippen molar-refractivity contribution in [1.29, 1.82) is 0 Å². The second kappa shape index (κ2) is 10.4.